The lowest BCUT2D eigenvalue weighted by atomic mass is 10.1. The van der Waals surface area contributed by atoms with Crippen molar-refractivity contribution in [2.75, 3.05) is 5.32 Å². The number of carbonyl (C=O) groups is 1. The maximum Gasteiger partial charge on any atom is 0.271 e. The standard InChI is InChI=1S/C27H25ClN4O4/c1-17-5-4-6-21(13-17)15-31-19(3)26(18(2)30-31)29-27(33)22-9-7-20(8-10-22)16-36-25-12-11-23(32(34)35)14-24(25)28/h4-14H,15-16H2,1-3H3,(H,29,33). The molecule has 4 rings (SSSR count). The molecule has 0 fully saturated rings. The molecule has 0 radical (unpaired) electrons. The first-order valence-corrected chi connectivity index (χ1v) is 11.7. The molecule has 0 aliphatic heterocycles. The summed E-state index contributed by atoms with van der Waals surface area (Å²) >= 11 is 6.07. The third kappa shape index (κ3) is 5.72. The van der Waals surface area contributed by atoms with Crippen LogP contribution >= 0.6 is 11.6 Å². The van der Waals surface area contributed by atoms with Crippen molar-refractivity contribution in [2.24, 2.45) is 0 Å². The fourth-order valence-electron chi connectivity index (χ4n) is 3.83. The highest BCUT2D eigenvalue weighted by Crippen LogP contribution is 2.29. The highest BCUT2D eigenvalue weighted by Gasteiger charge is 2.16. The van der Waals surface area contributed by atoms with Crippen molar-refractivity contribution >= 4 is 28.9 Å². The summed E-state index contributed by atoms with van der Waals surface area (Å²) in [7, 11) is 0. The van der Waals surface area contributed by atoms with Gasteiger partial charge in [0, 0.05) is 17.7 Å². The molecule has 4 aromatic rings. The number of nitrogens with zero attached hydrogens (tertiary/aromatic N) is 3. The highest BCUT2D eigenvalue weighted by atomic mass is 35.5. The van der Waals surface area contributed by atoms with E-state index in [0.717, 1.165) is 22.5 Å². The van der Waals surface area contributed by atoms with E-state index in [4.69, 9.17) is 16.3 Å². The number of amides is 1. The Morgan fingerprint density at radius 1 is 1.06 bits per heavy atom. The van der Waals surface area contributed by atoms with Crippen molar-refractivity contribution in [3.63, 3.8) is 0 Å². The SMILES string of the molecule is Cc1cccc(Cn2nc(C)c(NC(=O)c3ccc(COc4ccc([N+](=O)[O-])cc4Cl)cc3)c2C)c1. The molecule has 184 valence electrons. The van der Waals surface area contributed by atoms with Gasteiger partial charge in [-0.1, -0.05) is 53.6 Å². The van der Waals surface area contributed by atoms with Crippen molar-refractivity contribution in [3.8, 4) is 5.75 Å². The van der Waals surface area contributed by atoms with Crippen molar-refractivity contribution in [1.82, 2.24) is 9.78 Å². The lowest BCUT2D eigenvalue weighted by Gasteiger charge is -2.10. The monoisotopic (exact) mass is 504 g/mol. The van der Waals surface area contributed by atoms with Gasteiger partial charge >= 0.3 is 0 Å². The van der Waals surface area contributed by atoms with E-state index in [1.165, 1.54) is 23.8 Å². The number of nitro groups is 1. The quantitative estimate of drug-likeness (QED) is 0.226. The van der Waals surface area contributed by atoms with E-state index in [2.05, 4.69) is 35.5 Å². The van der Waals surface area contributed by atoms with E-state index in [0.29, 0.717) is 23.5 Å². The Labute approximate surface area is 213 Å². The molecule has 0 aliphatic carbocycles. The summed E-state index contributed by atoms with van der Waals surface area (Å²) in [4.78, 5) is 23.2. The van der Waals surface area contributed by atoms with Gasteiger partial charge in [-0.2, -0.15) is 5.10 Å². The van der Waals surface area contributed by atoms with Crippen LogP contribution in [0.1, 0.15) is 38.4 Å². The third-order valence-corrected chi connectivity index (χ3v) is 6.07. The van der Waals surface area contributed by atoms with E-state index in [-0.39, 0.29) is 23.2 Å². The summed E-state index contributed by atoms with van der Waals surface area (Å²) in [6.45, 7) is 6.69. The topological polar surface area (TPSA) is 99.3 Å². The number of aryl methyl sites for hydroxylation is 2. The molecule has 1 aromatic heterocycles. The molecular formula is C27H25ClN4O4. The number of nitro benzene ring substituents is 1. The van der Waals surface area contributed by atoms with Crippen molar-refractivity contribution < 1.29 is 14.5 Å². The average molecular weight is 505 g/mol. The number of non-ortho nitro benzene ring substituents is 1. The number of halogens is 1. The average Bonchev–Trinajstić information content (AvgIpc) is 3.10. The van der Waals surface area contributed by atoms with Gasteiger partial charge < -0.3 is 10.1 Å². The summed E-state index contributed by atoms with van der Waals surface area (Å²) in [6.07, 6.45) is 0. The van der Waals surface area contributed by atoms with Crippen LogP contribution in [0.15, 0.2) is 66.7 Å². The largest absolute Gasteiger partial charge is 0.487 e. The minimum Gasteiger partial charge on any atom is -0.487 e. The Bertz CT molecular complexity index is 1430. The molecule has 0 aliphatic rings. The number of ether oxygens (including phenoxy) is 1. The molecule has 1 heterocycles. The van der Waals surface area contributed by atoms with Gasteiger partial charge in [0.25, 0.3) is 11.6 Å². The van der Waals surface area contributed by atoms with Crippen LogP contribution in [-0.4, -0.2) is 20.6 Å². The van der Waals surface area contributed by atoms with Gasteiger partial charge in [-0.15, -0.1) is 0 Å². The van der Waals surface area contributed by atoms with Crippen LogP contribution in [0.4, 0.5) is 11.4 Å². The number of rotatable bonds is 8. The molecule has 3 aromatic carbocycles. The van der Waals surface area contributed by atoms with E-state index >= 15 is 0 Å². The van der Waals surface area contributed by atoms with E-state index in [1.54, 1.807) is 24.3 Å². The van der Waals surface area contributed by atoms with Gasteiger partial charge in [0.15, 0.2) is 0 Å². The molecule has 0 saturated heterocycles. The van der Waals surface area contributed by atoms with E-state index in [9.17, 15) is 14.9 Å². The van der Waals surface area contributed by atoms with Crippen LogP contribution in [0.3, 0.4) is 0 Å². The minimum absolute atomic E-state index is 0.103. The number of hydrogen-bond donors (Lipinski definition) is 1. The van der Waals surface area contributed by atoms with E-state index in [1.807, 2.05) is 24.6 Å². The van der Waals surface area contributed by atoms with Crippen molar-refractivity contribution in [2.45, 2.75) is 33.9 Å². The number of nitrogens with one attached hydrogen (secondary N) is 1. The maximum absolute atomic E-state index is 12.9. The highest BCUT2D eigenvalue weighted by molar-refractivity contribution is 6.32. The number of anilines is 1. The molecule has 0 spiro atoms. The van der Waals surface area contributed by atoms with E-state index < -0.39 is 4.92 Å². The number of carbonyl (C=O) groups excluding carboxylic acids is 1. The maximum atomic E-state index is 12.9. The Morgan fingerprint density at radius 3 is 2.47 bits per heavy atom. The van der Waals surface area contributed by atoms with Crippen LogP contribution in [-0.2, 0) is 13.2 Å². The number of benzene rings is 3. The molecule has 0 unspecified atom stereocenters. The van der Waals surface area contributed by atoms with Crippen LogP contribution in [0, 0.1) is 30.9 Å². The van der Waals surface area contributed by atoms with Crippen molar-refractivity contribution in [3.05, 3.63) is 116 Å². The number of aromatic nitrogens is 2. The third-order valence-electron chi connectivity index (χ3n) is 5.77. The normalized spacial score (nSPS) is 10.8. The lowest BCUT2D eigenvalue weighted by Crippen LogP contribution is -2.13. The van der Waals surface area contributed by atoms with Crippen LogP contribution in [0.2, 0.25) is 5.02 Å². The zero-order valence-electron chi connectivity index (χ0n) is 20.1. The molecule has 0 bridgehead atoms. The number of hydrogen-bond acceptors (Lipinski definition) is 5. The zero-order chi connectivity index (χ0) is 25.8. The fraction of sp³-hybridized carbons (Fsp3) is 0.185. The van der Waals surface area contributed by atoms with Gasteiger partial charge in [0.05, 0.1) is 33.6 Å². The molecule has 9 heteroatoms. The summed E-state index contributed by atoms with van der Waals surface area (Å²) < 4.78 is 7.57. The van der Waals surface area contributed by atoms with Gasteiger partial charge in [-0.05, 0) is 50.1 Å². The minimum atomic E-state index is -0.516. The molecule has 0 saturated carbocycles. The first kappa shape index (κ1) is 24.9. The van der Waals surface area contributed by atoms with Crippen LogP contribution < -0.4 is 10.1 Å². The first-order chi connectivity index (χ1) is 17.2. The summed E-state index contributed by atoms with van der Waals surface area (Å²) in [6, 6.07) is 19.3. The van der Waals surface area contributed by atoms with Gasteiger partial charge in [-0.3, -0.25) is 19.6 Å². The molecule has 36 heavy (non-hydrogen) atoms. The summed E-state index contributed by atoms with van der Waals surface area (Å²) in [5.41, 5.74) is 5.88. The second kappa shape index (κ2) is 10.6. The molecule has 8 nitrogen and oxygen atoms in total. The summed E-state index contributed by atoms with van der Waals surface area (Å²) in [5, 5.41) is 18.6. The summed E-state index contributed by atoms with van der Waals surface area (Å²) in [5.74, 6) is 0.111. The zero-order valence-corrected chi connectivity index (χ0v) is 20.9. The molecular weight excluding hydrogens is 480 g/mol. The lowest BCUT2D eigenvalue weighted by molar-refractivity contribution is -0.384. The van der Waals surface area contributed by atoms with Gasteiger partial charge in [0.1, 0.15) is 12.4 Å². The molecule has 1 N–H and O–H groups in total. The second-order valence-corrected chi connectivity index (χ2v) is 8.91. The first-order valence-electron chi connectivity index (χ1n) is 11.3. The predicted molar refractivity (Wildman–Crippen MR) is 139 cm³/mol. The fourth-order valence-corrected chi connectivity index (χ4v) is 4.06. The molecule has 0 atom stereocenters. The van der Waals surface area contributed by atoms with Crippen LogP contribution in [0.5, 0.6) is 5.75 Å². The predicted octanol–water partition coefficient (Wildman–Crippen LogP) is 6.25. The van der Waals surface area contributed by atoms with Crippen LogP contribution in [0.25, 0.3) is 0 Å². The molecule has 1 amide bonds. The van der Waals surface area contributed by atoms with Crippen molar-refractivity contribution in [1.29, 1.82) is 0 Å². The Hall–Kier alpha value is -4.17. The Kier molecular flexibility index (Phi) is 7.36. The van der Waals surface area contributed by atoms with Gasteiger partial charge in [-0.25, -0.2) is 0 Å². The van der Waals surface area contributed by atoms with Gasteiger partial charge in [0.2, 0.25) is 0 Å². The second-order valence-electron chi connectivity index (χ2n) is 8.50. The Balaban J connectivity index is 1.40. The smallest absolute Gasteiger partial charge is 0.271 e. The Morgan fingerprint density at radius 2 is 1.81 bits per heavy atom.